The normalized spacial score (nSPS) is 18.5. The highest BCUT2D eigenvalue weighted by Crippen LogP contribution is 2.25. The van der Waals surface area contributed by atoms with Gasteiger partial charge in [-0.15, -0.1) is 0 Å². The molecule has 0 atom stereocenters. The van der Waals surface area contributed by atoms with Gasteiger partial charge in [-0.05, 0) is 43.5 Å². The summed E-state index contributed by atoms with van der Waals surface area (Å²) < 4.78 is 34.6. The van der Waals surface area contributed by atoms with E-state index < -0.39 is 10.2 Å². The van der Waals surface area contributed by atoms with Gasteiger partial charge in [0.1, 0.15) is 5.75 Å². The van der Waals surface area contributed by atoms with Gasteiger partial charge in [-0.3, -0.25) is 9.59 Å². The Morgan fingerprint density at radius 1 is 1.00 bits per heavy atom. The van der Waals surface area contributed by atoms with Gasteiger partial charge >= 0.3 is 0 Å². The van der Waals surface area contributed by atoms with E-state index in [0.717, 1.165) is 37.9 Å². The highest BCUT2D eigenvalue weighted by Gasteiger charge is 2.35. The Morgan fingerprint density at radius 2 is 1.64 bits per heavy atom. The molecule has 1 aromatic carbocycles. The van der Waals surface area contributed by atoms with Crippen LogP contribution in [0.25, 0.3) is 0 Å². The van der Waals surface area contributed by atoms with E-state index in [2.05, 4.69) is 0 Å². The molecule has 0 radical (unpaired) electrons. The van der Waals surface area contributed by atoms with Gasteiger partial charge in [-0.25, -0.2) is 0 Å². The van der Waals surface area contributed by atoms with Crippen LogP contribution in [0.3, 0.4) is 0 Å². The van der Waals surface area contributed by atoms with Crippen molar-refractivity contribution in [3.8, 4) is 5.75 Å². The van der Waals surface area contributed by atoms with E-state index in [9.17, 15) is 18.0 Å². The Balaban J connectivity index is 1.44. The second-order valence-electron chi connectivity index (χ2n) is 8.89. The highest BCUT2D eigenvalue weighted by atomic mass is 32.2. The van der Waals surface area contributed by atoms with Crippen molar-refractivity contribution in [1.82, 2.24) is 13.5 Å². The van der Waals surface area contributed by atoms with Gasteiger partial charge in [0.2, 0.25) is 5.91 Å². The monoisotopic (exact) mass is 479 g/mol. The molecule has 1 amide bonds. The maximum atomic E-state index is 13.0. The summed E-state index contributed by atoms with van der Waals surface area (Å²) in [6, 6.07) is 7.07. The summed E-state index contributed by atoms with van der Waals surface area (Å²) in [6.07, 6.45) is 6.32. The van der Waals surface area contributed by atoms with E-state index in [4.69, 9.17) is 4.74 Å². The molecule has 0 bridgehead atoms. The zero-order valence-electron chi connectivity index (χ0n) is 19.9. The van der Waals surface area contributed by atoms with Gasteiger partial charge < -0.3 is 9.64 Å². The molecule has 33 heavy (non-hydrogen) atoms. The summed E-state index contributed by atoms with van der Waals surface area (Å²) in [5.74, 6) is 0.538. The average molecular weight is 480 g/mol. The van der Waals surface area contributed by atoms with Gasteiger partial charge in [0.05, 0.1) is 6.61 Å². The van der Waals surface area contributed by atoms with Gasteiger partial charge in [-0.2, -0.15) is 17.0 Å². The molecule has 0 aromatic heterocycles. The molecule has 2 aliphatic rings. The van der Waals surface area contributed by atoms with Gasteiger partial charge in [0.25, 0.3) is 10.2 Å². The summed E-state index contributed by atoms with van der Waals surface area (Å²) in [7, 11) is -1.84. The largest absolute Gasteiger partial charge is 0.494 e. The summed E-state index contributed by atoms with van der Waals surface area (Å²) in [6.45, 7) is 3.95. The van der Waals surface area contributed by atoms with E-state index in [0.29, 0.717) is 25.3 Å². The molecule has 0 N–H and O–H groups in total. The average Bonchev–Trinajstić information content (AvgIpc) is 2.86. The lowest BCUT2D eigenvalue weighted by Gasteiger charge is -2.38. The molecule has 1 heterocycles. The number of piperazine rings is 1. The molecule has 8 nitrogen and oxygen atoms in total. The molecular weight excluding hydrogens is 442 g/mol. The summed E-state index contributed by atoms with van der Waals surface area (Å²) in [4.78, 5) is 26.7. The minimum absolute atomic E-state index is 0.0710. The van der Waals surface area contributed by atoms with E-state index >= 15 is 0 Å². The quantitative estimate of drug-likeness (QED) is 0.481. The van der Waals surface area contributed by atoms with E-state index in [1.165, 1.54) is 15.0 Å². The Labute approximate surface area is 198 Å². The standard InChI is InChI=1S/C24H37N3O5S/c1-3-19-32-22-11-9-20(10-12-22)23(28)13-14-24(29)26-15-17-27(18-16-26)33(30,31)25(2)21-7-5-4-6-8-21/h9-12,21H,3-8,13-19H2,1-2H3. The van der Waals surface area contributed by atoms with Crippen molar-refractivity contribution in [1.29, 1.82) is 0 Å². The third-order valence-corrected chi connectivity index (χ3v) is 8.63. The minimum atomic E-state index is -3.52. The molecule has 1 saturated carbocycles. The summed E-state index contributed by atoms with van der Waals surface area (Å²) in [5.41, 5.74) is 0.563. The number of carbonyl (C=O) groups is 2. The first-order valence-corrected chi connectivity index (χ1v) is 13.5. The number of benzene rings is 1. The predicted molar refractivity (Wildman–Crippen MR) is 128 cm³/mol. The highest BCUT2D eigenvalue weighted by molar-refractivity contribution is 7.86. The van der Waals surface area contributed by atoms with Crippen LogP contribution in [0.4, 0.5) is 0 Å². The van der Waals surface area contributed by atoms with Crippen LogP contribution in [-0.2, 0) is 15.0 Å². The van der Waals surface area contributed by atoms with Crippen LogP contribution in [0.1, 0.15) is 68.6 Å². The number of hydrogen-bond donors (Lipinski definition) is 0. The molecular formula is C24H37N3O5S. The molecule has 3 rings (SSSR count). The summed E-state index contributed by atoms with van der Waals surface area (Å²) >= 11 is 0. The van der Waals surface area contributed by atoms with Crippen molar-refractivity contribution >= 4 is 21.9 Å². The lowest BCUT2D eigenvalue weighted by Crippen LogP contribution is -2.55. The lowest BCUT2D eigenvalue weighted by atomic mass is 9.96. The first-order chi connectivity index (χ1) is 15.8. The maximum absolute atomic E-state index is 13.0. The van der Waals surface area contributed by atoms with Gasteiger partial charge in [-0.1, -0.05) is 26.2 Å². The van der Waals surface area contributed by atoms with Crippen molar-refractivity contribution in [2.75, 3.05) is 39.8 Å². The Kier molecular flexibility index (Phi) is 9.28. The molecule has 1 aliphatic heterocycles. The smallest absolute Gasteiger partial charge is 0.282 e. The first kappa shape index (κ1) is 25.6. The zero-order valence-corrected chi connectivity index (χ0v) is 20.7. The minimum Gasteiger partial charge on any atom is -0.494 e. The summed E-state index contributed by atoms with van der Waals surface area (Å²) in [5, 5.41) is 0. The number of rotatable bonds is 10. The fraction of sp³-hybridized carbons (Fsp3) is 0.667. The van der Waals surface area contributed by atoms with Crippen molar-refractivity contribution in [2.45, 2.75) is 64.3 Å². The number of amides is 1. The van der Waals surface area contributed by atoms with Crippen molar-refractivity contribution in [3.63, 3.8) is 0 Å². The molecule has 1 aliphatic carbocycles. The van der Waals surface area contributed by atoms with Gasteiger partial charge in [0.15, 0.2) is 5.78 Å². The fourth-order valence-electron chi connectivity index (χ4n) is 4.46. The maximum Gasteiger partial charge on any atom is 0.282 e. The zero-order chi connectivity index (χ0) is 23.8. The number of ether oxygens (including phenoxy) is 1. The molecule has 9 heteroatoms. The topological polar surface area (TPSA) is 87.2 Å². The van der Waals surface area contributed by atoms with Crippen LogP contribution in [0, 0.1) is 0 Å². The Hall–Kier alpha value is -1.97. The van der Waals surface area contributed by atoms with Crippen molar-refractivity contribution in [3.05, 3.63) is 29.8 Å². The first-order valence-electron chi connectivity index (χ1n) is 12.1. The molecule has 1 aromatic rings. The number of Topliss-reactive ketones (excluding diaryl/α,β-unsaturated/α-hetero) is 1. The second kappa shape index (κ2) is 11.9. The fourth-order valence-corrected chi connectivity index (χ4v) is 6.04. The van der Waals surface area contributed by atoms with Crippen LogP contribution >= 0.6 is 0 Å². The molecule has 0 unspecified atom stereocenters. The number of ketones is 1. The molecule has 184 valence electrons. The van der Waals surface area contributed by atoms with Crippen LogP contribution < -0.4 is 4.74 Å². The van der Waals surface area contributed by atoms with E-state index in [1.54, 1.807) is 36.2 Å². The van der Waals surface area contributed by atoms with Crippen LogP contribution in [0.5, 0.6) is 5.75 Å². The van der Waals surface area contributed by atoms with Gasteiger partial charge in [0, 0.05) is 57.7 Å². The molecule has 0 spiro atoms. The number of carbonyl (C=O) groups excluding carboxylic acids is 2. The Morgan fingerprint density at radius 3 is 2.24 bits per heavy atom. The third-order valence-electron chi connectivity index (χ3n) is 6.59. The van der Waals surface area contributed by atoms with Crippen LogP contribution in [-0.4, -0.2) is 79.5 Å². The van der Waals surface area contributed by atoms with Crippen molar-refractivity contribution in [2.24, 2.45) is 0 Å². The van der Waals surface area contributed by atoms with Crippen LogP contribution in [0.15, 0.2) is 24.3 Å². The van der Waals surface area contributed by atoms with E-state index in [1.807, 2.05) is 6.92 Å². The second-order valence-corrected chi connectivity index (χ2v) is 10.9. The van der Waals surface area contributed by atoms with E-state index in [-0.39, 0.29) is 43.7 Å². The SMILES string of the molecule is CCCOc1ccc(C(=O)CCC(=O)N2CCN(S(=O)(=O)N(C)C3CCCCC3)CC2)cc1. The van der Waals surface area contributed by atoms with Crippen molar-refractivity contribution < 1.29 is 22.7 Å². The molecule has 1 saturated heterocycles. The lowest BCUT2D eigenvalue weighted by molar-refractivity contribution is -0.132. The third kappa shape index (κ3) is 6.77. The number of nitrogens with zero attached hydrogens (tertiary/aromatic N) is 3. The Bertz CT molecular complexity index is 889. The molecule has 2 fully saturated rings. The predicted octanol–water partition coefficient (Wildman–Crippen LogP) is 3.09. The van der Waals surface area contributed by atoms with Crippen LogP contribution in [0.2, 0.25) is 0 Å². The number of hydrogen-bond acceptors (Lipinski definition) is 5.